The number of nitrogens with two attached hydrogens (primary N) is 1. The van der Waals surface area contributed by atoms with Crippen LogP contribution < -0.4 is 5.73 Å². The fourth-order valence-electron chi connectivity index (χ4n) is 1.37. The fraction of sp³-hybridized carbons (Fsp3) is 0.300. The molecule has 1 heterocycles. The smallest absolute Gasteiger partial charge is 0.139 e. The van der Waals surface area contributed by atoms with Crippen molar-refractivity contribution < 1.29 is 4.39 Å². The van der Waals surface area contributed by atoms with Crippen molar-refractivity contribution in [1.82, 2.24) is 9.97 Å². The quantitative estimate of drug-likeness (QED) is 0.882. The second kappa shape index (κ2) is 3.90. The lowest BCUT2D eigenvalue weighted by Gasteiger charge is -2.01. The predicted octanol–water partition coefficient (Wildman–Crippen LogP) is 2.53. The van der Waals surface area contributed by atoms with Crippen LogP contribution in [0.1, 0.15) is 18.7 Å². The first-order valence-electron chi connectivity index (χ1n) is 4.66. The number of aromatic nitrogens is 2. The topological polar surface area (TPSA) is 54.7 Å². The first-order chi connectivity index (χ1) is 7.11. The van der Waals surface area contributed by atoms with Crippen LogP contribution in [0.25, 0.3) is 11.0 Å². The Hall–Kier alpha value is -0.940. The number of halogens is 2. The number of nitrogens with zero attached hydrogens (tertiary/aromatic N) is 1. The molecule has 80 valence electrons. The Morgan fingerprint density at radius 3 is 3.00 bits per heavy atom. The lowest BCUT2D eigenvalue weighted by atomic mass is 10.2. The Morgan fingerprint density at radius 2 is 2.33 bits per heavy atom. The number of rotatable bonds is 2. The summed E-state index contributed by atoms with van der Waals surface area (Å²) >= 11 is 3.13. The van der Waals surface area contributed by atoms with E-state index in [-0.39, 0.29) is 11.7 Å². The van der Waals surface area contributed by atoms with E-state index in [1.807, 2.05) is 6.92 Å². The third-order valence-electron chi connectivity index (χ3n) is 2.36. The third-order valence-corrected chi connectivity index (χ3v) is 2.97. The van der Waals surface area contributed by atoms with Crippen LogP contribution in [-0.4, -0.2) is 16.5 Å². The summed E-state index contributed by atoms with van der Waals surface area (Å²) in [4.78, 5) is 7.42. The molecule has 1 unspecified atom stereocenters. The van der Waals surface area contributed by atoms with Crippen LogP contribution in [0.2, 0.25) is 0 Å². The summed E-state index contributed by atoms with van der Waals surface area (Å²) in [5.74, 6) is 0.655. The number of fused-ring (bicyclic) bond motifs is 1. The van der Waals surface area contributed by atoms with E-state index in [0.29, 0.717) is 16.5 Å². The molecule has 0 fully saturated rings. The maximum absolute atomic E-state index is 13.2. The van der Waals surface area contributed by atoms with E-state index < -0.39 is 0 Å². The van der Waals surface area contributed by atoms with Crippen LogP contribution in [0.4, 0.5) is 4.39 Å². The maximum Gasteiger partial charge on any atom is 0.139 e. The van der Waals surface area contributed by atoms with Gasteiger partial charge in [0, 0.05) is 18.5 Å². The van der Waals surface area contributed by atoms with Gasteiger partial charge in [-0.25, -0.2) is 9.37 Å². The average molecular weight is 272 g/mol. The summed E-state index contributed by atoms with van der Waals surface area (Å²) < 4.78 is 13.6. The SMILES string of the molecule is CC(CN)c1nc2cc(Br)c(F)cc2[nH]1. The lowest BCUT2D eigenvalue weighted by molar-refractivity contribution is 0.623. The standard InChI is InChI=1S/C10H11BrFN3/c1-5(4-13)10-14-8-2-6(11)7(12)3-9(8)15-10/h2-3,5H,4,13H2,1H3,(H,14,15). The number of aromatic amines is 1. The first-order valence-corrected chi connectivity index (χ1v) is 5.46. The molecule has 0 aliphatic carbocycles. The van der Waals surface area contributed by atoms with E-state index >= 15 is 0 Å². The highest BCUT2D eigenvalue weighted by atomic mass is 79.9. The second-order valence-electron chi connectivity index (χ2n) is 3.54. The van der Waals surface area contributed by atoms with Gasteiger partial charge in [0.2, 0.25) is 0 Å². The zero-order chi connectivity index (χ0) is 11.0. The van der Waals surface area contributed by atoms with Crippen LogP contribution in [0, 0.1) is 5.82 Å². The highest BCUT2D eigenvalue weighted by Crippen LogP contribution is 2.23. The van der Waals surface area contributed by atoms with Gasteiger partial charge in [-0.1, -0.05) is 6.92 Å². The van der Waals surface area contributed by atoms with Crippen molar-refractivity contribution in [2.24, 2.45) is 5.73 Å². The third kappa shape index (κ3) is 1.89. The van der Waals surface area contributed by atoms with Crippen LogP contribution in [0.5, 0.6) is 0 Å². The molecular weight excluding hydrogens is 261 g/mol. The van der Waals surface area contributed by atoms with Gasteiger partial charge in [0.25, 0.3) is 0 Å². The molecule has 0 saturated carbocycles. The molecule has 0 saturated heterocycles. The fourth-order valence-corrected chi connectivity index (χ4v) is 1.70. The Labute approximate surface area is 95.0 Å². The van der Waals surface area contributed by atoms with Gasteiger partial charge in [-0.05, 0) is 22.0 Å². The highest BCUT2D eigenvalue weighted by molar-refractivity contribution is 9.10. The van der Waals surface area contributed by atoms with Crippen molar-refractivity contribution in [3.8, 4) is 0 Å². The van der Waals surface area contributed by atoms with E-state index in [0.717, 1.165) is 11.3 Å². The molecule has 5 heteroatoms. The van der Waals surface area contributed by atoms with E-state index in [1.165, 1.54) is 6.07 Å². The minimum absolute atomic E-state index is 0.152. The Balaban J connectivity index is 2.56. The van der Waals surface area contributed by atoms with Crippen molar-refractivity contribution in [3.63, 3.8) is 0 Å². The Bertz CT molecular complexity index is 456. The second-order valence-corrected chi connectivity index (χ2v) is 4.40. The molecule has 0 amide bonds. The Morgan fingerprint density at radius 1 is 1.60 bits per heavy atom. The van der Waals surface area contributed by atoms with Crippen LogP contribution in [-0.2, 0) is 0 Å². The van der Waals surface area contributed by atoms with Crippen LogP contribution in [0.15, 0.2) is 16.6 Å². The van der Waals surface area contributed by atoms with E-state index in [4.69, 9.17) is 5.73 Å². The van der Waals surface area contributed by atoms with Gasteiger partial charge in [0.05, 0.1) is 15.5 Å². The molecule has 1 aromatic heterocycles. The van der Waals surface area contributed by atoms with Crippen molar-refractivity contribution in [1.29, 1.82) is 0 Å². The first kappa shape index (κ1) is 10.6. The van der Waals surface area contributed by atoms with Crippen molar-refractivity contribution in [2.45, 2.75) is 12.8 Å². The number of benzene rings is 1. The molecule has 2 aromatic rings. The van der Waals surface area contributed by atoms with Gasteiger partial charge >= 0.3 is 0 Å². The minimum atomic E-state index is -0.293. The van der Waals surface area contributed by atoms with Crippen molar-refractivity contribution in [3.05, 3.63) is 28.2 Å². The summed E-state index contributed by atoms with van der Waals surface area (Å²) in [7, 11) is 0. The van der Waals surface area contributed by atoms with Crippen molar-refractivity contribution >= 4 is 27.0 Å². The van der Waals surface area contributed by atoms with Crippen LogP contribution in [0.3, 0.4) is 0 Å². The van der Waals surface area contributed by atoms with Gasteiger partial charge in [-0.3, -0.25) is 0 Å². The lowest BCUT2D eigenvalue weighted by Crippen LogP contribution is -2.10. The number of hydrogen-bond acceptors (Lipinski definition) is 2. The number of nitrogens with one attached hydrogen (secondary N) is 1. The number of hydrogen-bond donors (Lipinski definition) is 2. The molecule has 0 spiro atoms. The molecule has 15 heavy (non-hydrogen) atoms. The van der Waals surface area contributed by atoms with Gasteiger partial charge in [0.15, 0.2) is 0 Å². The van der Waals surface area contributed by atoms with Crippen LogP contribution >= 0.6 is 15.9 Å². The number of H-pyrrole nitrogens is 1. The zero-order valence-corrected chi connectivity index (χ0v) is 9.81. The van der Waals surface area contributed by atoms with Crippen molar-refractivity contribution in [2.75, 3.05) is 6.54 Å². The maximum atomic E-state index is 13.2. The summed E-state index contributed by atoms with van der Waals surface area (Å²) in [6.45, 7) is 2.49. The van der Waals surface area contributed by atoms with Gasteiger partial charge in [-0.15, -0.1) is 0 Å². The zero-order valence-electron chi connectivity index (χ0n) is 8.22. The van der Waals surface area contributed by atoms with Gasteiger partial charge in [0.1, 0.15) is 11.6 Å². The number of imidazole rings is 1. The van der Waals surface area contributed by atoms with E-state index in [9.17, 15) is 4.39 Å². The molecule has 0 aliphatic heterocycles. The molecule has 1 atom stereocenters. The molecular formula is C10H11BrFN3. The molecule has 0 radical (unpaired) electrons. The largest absolute Gasteiger partial charge is 0.342 e. The van der Waals surface area contributed by atoms with E-state index in [1.54, 1.807) is 6.07 Å². The summed E-state index contributed by atoms with van der Waals surface area (Å²) in [6.07, 6.45) is 0. The summed E-state index contributed by atoms with van der Waals surface area (Å²) in [5, 5.41) is 0. The minimum Gasteiger partial charge on any atom is -0.342 e. The summed E-state index contributed by atoms with van der Waals surface area (Å²) in [5.41, 5.74) is 6.99. The molecule has 0 aliphatic rings. The van der Waals surface area contributed by atoms with Gasteiger partial charge in [-0.2, -0.15) is 0 Å². The molecule has 2 rings (SSSR count). The highest BCUT2D eigenvalue weighted by Gasteiger charge is 2.11. The summed E-state index contributed by atoms with van der Waals surface area (Å²) in [6, 6.07) is 3.09. The monoisotopic (exact) mass is 271 g/mol. The normalized spacial score (nSPS) is 13.3. The molecule has 3 N–H and O–H groups in total. The Kier molecular flexibility index (Phi) is 2.75. The van der Waals surface area contributed by atoms with E-state index in [2.05, 4.69) is 25.9 Å². The molecule has 0 bridgehead atoms. The molecule has 1 aromatic carbocycles. The predicted molar refractivity (Wildman–Crippen MR) is 61.2 cm³/mol. The van der Waals surface area contributed by atoms with Gasteiger partial charge < -0.3 is 10.7 Å². The molecule has 3 nitrogen and oxygen atoms in total. The average Bonchev–Trinajstić information content (AvgIpc) is 2.60.